The maximum Gasteiger partial charge on any atom is 0.275 e. The number of aromatic nitrogens is 1. The van der Waals surface area contributed by atoms with Gasteiger partial charge in [-0.25, -0.2) is 4.98 Å². The monoisotopic (exact) mass is 352 g/mol. The van der Waals surface area contributed by atoms with Crippen molar-refractivity contribution < 1.29 is 9.59 Å². The lowest BCUT2D eigenvalue weighted by Gasteiger charge is -2.19. The second-order valence-corrected chi connectivity index (χ2v) is 5.89. The first-order valence-corrected chi connectivity index (χ1v) is 7.92. The van der Waals surface area contributed by atoms with Gasteiger partial charge >= 0.3 is 0 Å². The smallest absolute Gasteiger partial charge is 0.275 e. The summed E-state index contributed by atoms with van der Waals surface area (Å²) in [5.41, 5.74) is 7.20. The molecule has 2 amide bonds. The second kappa shape index (κ2) is 7.54. The van der Waals surface area contributed by atoms with Gasteiger partial charge in [0.25, 0.3) is 5.91 Å². The Bertz CT molecular complexity index is 719. The van der Waals surface area contributed by atoms with Crippen LogP contribution < -0.4 is 16.0 Å². The molecule has 0 saturated carbocycles. The van der Waals surface area contributed by atoms with Gasteiger partial charge < -0.3 is 16.0 Å². The summed E-state index contributed by atoms with van der Waals surface area (Å²) in [6.45, 7) is 0.997. The molecule has 122 valence electrons. The van der Waals surface area contributed by atoms with E-state index in [4.69, 9.17) is 5.73 Å². The fraction of sp³-hybridized carbons (Fsp3) is 0.267. The summed E-state index contributed by atoms with van der Waals surface area (Å²) in [5.74, 6) is -0.212. The Labute approximate surface area is 144 Å². The molecule has 0 bridgehead atoms. The van der Waals surface area contributed by atoms with E-state index in [1.54, 1.807) is 16.3 Å². The molecule has 0 unspecified atom stereocenters. The molecule has 2 heterocycles. The normalized spacial score (nSPS) is 13.8. The number of nitrogens with one attached hydrogen (secondary N) is 1. The van der Waals surface area contributed by atoms with Crippen molar-refractivity contribution in [1.82, 2.24) is 4.98 Å². The Morgan fingerprint density at radius 3 is 2.83 bits per heavy atom. The molecule has 6 nitrogen and oxygen atoms in total. The van der Waals surface area contributed by atoms with Crippen molar-refractivity contribution in [2.75, 3.05) is 16.8 Å². The van der Waals surface area contributed by atoms with Gasteiger partial charge in [0.1, 0.15) is 10.7 Å². The van der Waals surface area contributed by atoms with Gasteiger partial charge in [-0.3, -0.25) is 9.59 Å². The third kappa shape index (κ3) is 3.69. The third-order valence-electron chi connectivity index (χ3n) is 3.48. The number of nitrogens with two attached hydrogens (primary N) is 1. The molecule has 1 aliphatic heterocycles. The van der Waals surface area contributed by atoms with Gasteiger partial charge in [-0.1, -0.05) is 12.1 Å². The lowest BCUT2D eigenvalue weighted by Crippen LogP contribution is -2.25. The topological polar surface area (TPSA) is 88.3 Å². The van der Waals surface area contributed by atoms with Gasteiger partial charge in [-0.05, 0) is 18.6 Å². The molecule has 0 atom stereocenters. The lowest BCUT2D eigenvalue weighted by molar-refractivity contribution is -0.117. The van der Waals surface area contributed by atoms with Crippen LogP contribution in [0.1, 0.15) is 28.3 Å². The van der Waals surface area contributed by atoms with Crippen molar-refractivity contribution in [3.05, 3.63) is 40.3 Å². The number of anilines is 2. The predicted octanol–water partition coefficient (Wildman–Crippen LogP) is 2.40. The molecule has 23 heavy (non-hydrogen) atoms. The van der Waals surface area contributed by atoms with Crippen LogP contribution in [0.4, 0.5) is 11.4 Å². The Morgan fingerprint density at radius 1 is 1.39 bits per heavy atom. The number of para-hydroxylation sites is 2. The minimum Gasteiger partial charge on any atom is -0.325 e. The zero-order chi connectivity index (χ0) is 15.5. The zero-order valence-electron chi connectivity index (χ0n) is 12.3. The molecule has 1 aromatic heterocycles. The molecule has 1 saturated heterocycles. The highest BCUT2D eigenvalue weighted by Crippen LogP contribution is 2.29. The number of carbonyl (C=O) groups excluding carboxylic acids is 2. The molecular weight excluding hydrogens is 336 g/mol. The standard InChI is InChI=1S/C15H16N4O2S.ClH/c16-8-13-17-11(9-22-13)15(21)18-10-4-1-2-5-12(10)19-7-3-6-14(19)20;/h1-2,4-5,9H,3,6-8,16H2,(H,18,21);1H. The summed E-state index contributed by atoms with van der Waals surface area (Å²) in [7, 11) is 0. The van der Waals surface area contributed by atoms with E-state index in [1.165, 1.54) is 11.3 Å². The Balaban J connectivity index is 0.00000192. The van der Waals surface area contributed by atoms with E-state index >= 15 is 0 Å². The highest BCUT2D eigenvalue weighted by Gasteiger charge is 2.24. The van der Waals surface area contributed by atoms with Gasteiger partial charge in [-0.2, -0.15) is 0 Å². The molecule has 1 fully saturated rings. The molecule has 3 N–H and O–H groups in total. The van der Waals surface area contributed by atoms with Crippen molar-refractivity contribution in [3.63, 3.8) is 0 Å². The third-order valence-corrected chi connectivity index (χ3v) is 4.35. The molecule has 0 spiro atoms. The number of hydrogen-bond donors (Lipinski definition) is 2. The van der Waals surface area contributed by atoms with Crippen LogP contribution in [0.5, 0.6) is 0 Å². The van der Waals surface area contributed by atoms with E-state index in [2.05, 4.69) is 10.3 Å². The Hall–Kier alpha value is -1.96. The fourth-order valence-electron chi connectivity index (χ4n) is 2.41. The van der Waals surface area contributed by atoms with Gasteiger partial charge in [0.2, 0.25) is 5.91 Å². The van der Waals surface area contributed by atoms with Crippen molar-refractivity contribution in [3.8, 4) is 0 Å². The lowest BCUT2D eigenvalue weighted by atomic mass is 10.2. The van der Waals surface area contributed by atoms with Crippen molar-refractivity contribution in [1.29, 1.82) is 0 Å². The van der Waals surface area contributed by atoms with E-state index in [-0.39, 0.29) is 24.2 Å². The summed E-state index contributed by atoms with van der Waals surface area (Å²) in [6.07, 6.45) is 1.39. The number of nitrogens with zero attached hydrogens (tertiary/aromatic N) is 2. The Kier molecular flexibility index (Phi) is 5.70. The van der Waals surface area contributed by atoms with Crippen LogP contribution in [0.3, 0.4) is 0 Å². The van der Waals surface area contributed by atoms with E-state index in [0.717, 1.165) is 12.1 Å². The summed E-state index contributed by atoms with van der Waals surface area (Å²) < 4.78 is 0. The van der Waals surface area contributed by atoms with Crippen LogP contribution in [-0.2, 0) is 11.3 Å². The van der Waals surface area contributed by atoms with Crippen LogP contribution in [0.25, 0.3) is 0 Å². The summed E-state index contributed by atoms with van der Waals surface area (Å²) in [6, 6.07) is 7.30. The maximum absolute atomic E-state index is 12.3. The average molecular weight is 353 g/mol. The first-order valence-electron chi connectivity index (χ1n) is 7.04. The van der Waals surface area contributed by atoms with Crippen LogP contribution in [0.2, 0.25) is 0 Å². The molecular formula is C15H17ClN4O2S. The van der Waals surface area contributed by atoms with Gasteiger partial charge in [0.05, 0.1) is 11.4 Å². The summed E-state index contributed by atoms with van der Waals surface area (Å²) in [4.78, 5) is 30.1. The molecule has 3 rings (SSSR count). The van der Waals surface area contributed by atoms with Crippen LogP contribution in [-0.4, -0.2) is 23.3 Å². The number of thiazole rings is 1. The van der Waals surface area contributed by atoms with Crippen LogP contribution in [0, 0.1) is 0 Å². The number of hydrogen-bond acceptors (Lipinski definition) is 5. The highest BCUT2D eigenvalue weighted by molar-refractivity contribution is 7.09. The predicted molar refractivity (Wildman–Crippen MR) is 93.2 cm³/mol. The Morgan fingerprint density at radius 2 is 2.17 bits per heavy atom. The zero-order valence-corrected chi connectivity index (χ0v) is 14.0. The van der Waals surface area contributed by atoms with Crippen molar-refractivity contribution in [2.24, 2.45) is 5.73 Å². The number of amides is 2. The summed E-state index contributed by atoms with van der Waals surface area (Å²) >= 11 is 1.36. The number of rotatable bonds is 4. The van der Waals surface area contributed by atoms with E-state index in [0.29, 0.717) is 35.9 Å². The first-order chi connectivity index (χ1) is 10.7. The highest BCUT2D eigenvalue weighted by atomic mass is 35.5. The average Bonchev–Trinajstić information content (AvgIpc) is 3.16. The summed E-state index contributed by atoms with van der Waals surface area (Å²) in [5, 5.41) is 5.23. The number of carbonyl (C=O) groups is 2. The minimum absolute atomic E-state index is 0. The van der Waals surface area contributed by atoms with Crippen LogP contribution >= 0.6 is 23.7 Å². The molecule has 0 aliphatic carbocycles. The van der Waals surface area contributed by atoms with Crippen molar-refractivity contribution in [2.45, 2.75) is 19.4 Å². The molecule has 1 aromatic carbocycles. The largest absolute Gasteiger partial charge is 0.325 e. The van der Waals surface area contributed by atoms with Gasteiger partial charge in [0, 0.05) is 24.9 Å². The minimum atomic E-state index is -0.296. The molecule has 2 aromatic rings. The van der Waals surface area contributed by atoms with E-state index in [9.17, 15) is 9.59 Å². The fourth-order valence-corrected chi connectivity index (χ4v) is 3.07. The SMILES string of the molecule is Cl.NCc1nc(C(=O)Nc2ccccc2N2CCCC2=O)cs1. The second-order valence-electron chi connectivity index (χ2n) is 4.95. The van der Waals surface area contributed by atoms with Crippen LogP contribution in [0.15, 0.2) is 29.6 Å². The number of benzene rings is 1. The van der Waals surface area contributed by atoms with E-state index < -0.39 is 0 Å². The molecule has 8 heteroatoms. The quantitative estimate of drug-likeness (QED) is 0.884. The van der Waals surface area contributed by atoms with Gasteiger partial charge in [-0.15, -0.1) is 23.7 Å². The van der Waals surface area contributed by atoms with Gasteiger partial charge in [0.15, 0.2) is 0 Å². The van der Waals surface area contributed by atoms with E-state index in [1.807, 2.05) is 18.2 Å². The first kappa shape index (κ1) is 17.4. The van der Waals surface area contributed by atoms with Crippen molar-refractivity contribution >= 4 is 46.9 Å². The maximum atomic E-state index is 12.3. The molecule has 1 aliphatic rings. The molecule has 0 radical (unpaired) electrons. The number of halogens is 1.